The molecule has 0 radical (unpaired) electrons. The Morgan fingerprint density at radius 3 is 1.11 bits per heavy atom. The van der Waals surface area contributed by atoms with E-state index >= 15 is 0 Å². The van der Waals surface area contributed by atoms with Gasteiger partial charge in [0.25, 0.3) is 0 Å². The molecule has 6 nitrogen and oxygen atoms in total. The lowest BCUT2D eigenvalue weighted by Crippen LogP contribution is -2.08. The first-order valence-corrected chi connectivity index (χ1v) is 23.0. The summed E-state index contributed by atoms with van der Waals surface area (Å²) in [5, 5.41) is 37.5. The molecule has 7 aromatic rings. The Morgan fingerprint density at radius 2 is 0.797 bits per heavy atom. The predicted molar refractivity (Wildman–Crippen MR) is 275 cm³/mol. The van der Waals surface area contributed by atoms with Gasteiger partial charge in [0.2, 0.25) is 0 Å². The summed E-state index contributed by atoms with van der Waals surface area (Å²) in [6.07, 6.45) is 5.47. The van der Waals surface area contributed by atoms with Gasteiger partial charge in [-0.05, 0) is 79.9 Å². The largest absolute Gasteiger partial charge is 0.508 e. The van der Waals surface area contributed by atoms with Crippen LogP contribution in [0.15, 0.2) is 190 Å². The molecular formula is C55H55Br2ClO6. The molecule has 7 aromatic carbocycles. The number of aliphatic hydroxyl groups excluding tert-OH is 2. The van der Waals surface area contributed by atoms with E-state index in [1.807, 2.05) is 66.8 Å². The minimum Gasteiger partial charge on any atom is -0.508 e. The van der Waals surface area contributed by atoms with Gasteiger partial charge in [-0.2, -0.15) is 0 Å². The maximum absolute atomic E-state index is 9.24. The van der Waals surface area contributed by atoms with Crippen LogP contribution in [0.5, 0.6) is 23.0 Å². The number of halogens is 3. The molecule has 4 N–H and O–H groups in total. The van der Waals surface area contributed by atoms with Crippen LogP contribution in [0.3, 0.4) is 0 Å². The number of hydrogen-bond donors (Lipinski definition) is 4. The molecule has 7 rings (SSSR count). The van der Waals surface area contributed by atoms with Crippen molar-refractivity contribution in [3.63, 3.8) is 0 Å². The Hall–Kier alpha value is -5.87. The lowest BCUT2D eigenvalue weighted by Gasteiger charge is -2.10. The minimum atomic E-state index is 0.0612. The molecular weight excluding hydrogens is 952 g/mol. The molecule has 0 saturated heterocycles. The topological polar surface area (TPSA) is 99.4 Å². The number of phenolic OH excluding ortho intramolecular Hbond substituents is 2. The maximum atomic E-state index is 9.24. The number of rotatable bonds is 14. The zero-order chi connectivity index (χ0) is 46.4. The number of alkyl halides is 3. The van der Waals surface area contributed by atoms with E-state index in [0.717, 1.165) is 44.0 Å². The molecule has 0 atom stereocenters. The van der Waals surface area contributed by atoms with Gasteiger partial charge in [-0.3, -0.25) is 0 Å². The monoisotopic (exact) mass is 1000 g/mol. The summed E-state index contributed by atoms with van der Waals surface area (Å²) >= 11 is 12.7. The Morgan fingerprint density at radius 1 is 0.453 bits per heavy atom. The molecule has 0 aliphatic carbocycles. The molecule has 0 bridgehead atoms. The van der Waals surface area contributed by atoms with Crippen LogP contribution in [0.4, 0.5) is 0 Å². The van der Waals surface area contributed by atoms with Gasteiger partial charge in [0.15, 0.2) is 0 Å². The van der Waals surface area contributed by atoms with Crippen LogP contribution in [0.25, 0.3) is 29.4 Å². The summed E-state index contributed by atoms with van der Waals surface area (Å²) in [6, 6.07) is 53.5. The van der Waals surface area contributed by atoms with E-state index in [0.29, 0.717) is 30.6 Å². The SMILES string of the molecule is BrCc1ccccc1-c1ccccc1CBr.C=Cc1ccc(C=C)cc1.C=Cc1ccc(CCl)cc1.OCc1ccc(CO)cc1.Oc1cccc(OCCOc2cccc(O)c2)c1. The van der Waals surface area contributed by atoms with Gasteiger partial charge < -0.3 is 29.9 Å². The quantitative estimate of drug-likeness (QED) is 0.0640. The van der Waals surface area contributed by atoms with Crippen molar-refractivity contribution in [3.05, 3.63) is 234 Å². The van der Waals surface area contributed by atoms with Crippen molar-refractivity contribution in [2.45, 2.75) is 29.8 Å². The zero-order valence-electron chi connectivity index (χ0n) is 35.7. The molecule has 0 aliphatic rings. The van der Waals surface area contributed by atoms with Crippen LogP contribution in [-0.4, -0.2) is 33.6 Å². The van der Waals surface area contributed by atoms with Crippen LogP contribution >= 0.6 is 43.5 Å². The Kier molecular flexibility index (Phi) is 25.5. The fourth-order valence-corrected chi connectivity index (χ4v) is 6.68. The van der Waals surface area contributed by atoms with Crippen molar-refractivity contribution in [2.75, 3.05) is 13.2 Å². The van der Waals surface area contributed by atoms with E-state index < -0.39 is 0 Å². The predicted octanol–water partition coefficient (Wildman–Crippen LogP) is 14.4. The normalized spacial score (nSPS) is 9.77. The average molecular weight is 1010 g/mol. The van der Waals surface area contributed by atoms with Crippen LogP contribution in [-0.2, 0) is 29.8 Å². The van der Waals surface area contributed by atoms with Gasteiger partial charge in [0, 0.05) is 28.7 Å². The molecule has 0 fully saturated rings. The second kappa shape index (κ2) is 31.1. The molecule has 0 unspecified atom stereocenters. The summed E-state index contributed by atoms with van der Waals surface area (Å²) in [5.41, 5.74) is 11.6. The van der Waals surface area contributed by atoms with Crippen LogP contribution < -0.4 is 9.47 Å². The van der Waals surface area contributed by atoms with Crippen LogP contribution in [0, 0.1) is 0 Å². The molecule has 0 amide bonds. The van der Waals surface area contributed by atoms with Gasteiger partial charge in [0.1, 0.15) is 36.2 Å². The van der Waals surface area contributed by atoms with Crippen LogP contribution in [0.1, 0.15) is 44.5 Å². The summed E-state index contributed by atoms with van der Waals surface area (Å²) in [6.45, 7) is 11.8. The summed E-state index contributed by atoms with van der Waals surface area (Å²) in [7, 11) is 0. The van der Waals surface area contributed by atoms with Crippen LogP contribution in [0.2, 0.25) is 0 Å². The highest BCUT2D eigenvalue weighted by molar-refractivity contribution is 9.08. The van der Waals surface area contributed by atoms with Crippen molar-refractivity contribution in [2.24, 2.45) is 0 Å². The first-order valence-electron chi connectivity index (χ1n) is 20.2. The molecule has 0 saturated carbocycles. The van der Waals surface area contributed by atoms with Crippen molar-refractivity contribution in [1.82, 2.24) is 0 Å². The molecule has 9 heteroatoms. The Bertz CT molecular complexity index is 2260. The Balaban J connectivity index is 0.000000218. The van der Waals surface area contributed by atoms with E-state index in [1.54, 1.807) is 60.7 Å². The number of aromatic hydroxyl groups is 2. The highest BCUT2D eigenvalue weighted by atomic mass is 79.9. The van der Waals surface area contributed by atoms with E-state index in [2.05, 4.69) is 100 Å². The number of aliphatic hydroxyl groups is 2. The number of phenols is 2. The first kappa shape index (κ1) is 52.5. The highest BCUT2D eigenvalue weighted by Crippen LogP contribution is 2.29. The third-order valence-corrected chi connectivity index (χ3v) is 10.6. The van der Waals surface area contributed by atoms with Gasteiger partial charge in [0.05, 0.1) is 13.2 Å². The second-order valence-electron chi connectivity index (χ2n) is 13.6. The zero-order valence-corrected chi connectivity index (χ0v) is 39.6. The highest BCUT2D eigenvalue weighted by Gasteiger charge is 2.07. The minimum absolute atomic E-state index is 0.0612. The van der Waals surface area contributed by atoms with E-state index in [9.17, 15) is 10.2 Å². The molecule has 64 heavy (non-hydrogen) atoms. The fourth-order valence-electron chi connectivity index (χ4n) is 5.53. The fraction of sp³-hybridized carbons (Fsp3) is 0.127. The van der Waals surface area contributed by atoms with Crippen molar-refractivity contribution >= 4 is 61.7 Å². The maximum Gasteiger partial charge on any atom is 0.123 e. The molecule has 0 heterocycles. The van der Waals surface area contributed by atoms with Crippen molar-refractivity contribution in [3.8, 4) is 34.1 Å². The molecule has 0 aromatic heterocycles. The summed E-state index contributed by atoms with van der Waals surface area (Å²) in [5.74, 6) is 2.10. The smallest absolute Gasteiger partial charge is 0.123 e. The summed E-state index contributed by atoms with van der Waals surface area (Å²) in [4.78, 5) is 0. The standard InChI is InChI=1S/C14H12Br2.C14H14O4.C10H10.C9H9Cl.C8H10O2/c15-9-11-5-1-3-7-13(11)14-8-4-2-6-12(14)10-16;15-11-3-1-5-13(9-11)17-7-8-18-14-6-2-4-12(16)10-14;1-3-9-5-7-10(4-2)8-6-9;1-2-8-3-5-9(7-10)6-4-8;9-5-7-1-2-8(6-10)4-3-7/h1-8H,9-10H2;1-6,9-10,15-16H,7-8H2;3-8H,1-2H2;2-6H,1,7H2;1-4,9-10H,5-6H2. The van der Waals surface area contributed by atoms with E-state index in [1.165, 1.54) is 34.4 Å². The van der Waals surface area contributed by atoms with Gasteiger partial charge in [-0.25, -0.2) is 0 Å². The van der Waals surface area contributed by atoms with Gasteiger partial charge in [-0.1, -0.05) is 203 Å². The molecule has 332 valence electrons. The lowest BCUT2D eigenvalue weighted by atomic mass is 9.97. The Labute approximate surface area is 400 Å². The third kappa shape index (κ3) is 19.7. The van der Waals surface area contributed by atoms with Gasteiger partial charge in [-0.15, -0.1) is 11.6 Å². The van der Waals surface area contributed by atoms with Crippen molar-refractivity contribution < 1.29 is 29.9 Å². The lowest BCUT2D eigenvalue weighted by molar-refractivity contribution is 0.216. The summed E-state index contributed by atoms with van der Waals surface area (Å²) < 4.78 is 10.8. The van der Waals surface area contributed by atoms with E-state index in [-0.39, 0.29) is 24.7 Å². The third-order valence-electron chi connectivity index (χ3n) is 9.03. The molecule has 0 aliphatic heterocycles. The number of hydrogen-bond acceptors (Lipinski definition) is 6. The first-order chi connectivity index (χ1) is 31.2. The number of benzene rings is 7. The van der Waals surface area contributed by atoms with Crippen molar-refractivity contribution in [1.29, 1.82) is 0 Å². The number of ether oxygens (including phenoxy) is 2. The average Bonchev–Trinajstić information content (AvgIpc) is 3.36. The van der Waals surface area contributed by atoms with E-state index in [4.69, 9.17) is 31.3 Å². The second-order valence-corrected chi connectivity index (χ2v) is 14.9. The molecule has 0 spiro atoms. The van der Waals surface area contributed by atoms with Gasteiger partial charge >= 0.3 is 0 Å².